The number of Topliss-reactive ketones (excluding diaryl/α,β-unsaturated/α-hetero) is 1. The molecule has 0 bridgehead atoms. The van der Waals surface area contributed by atoms with Crippen LogP contribution in [0.4, 0.5) is 0 Å². The normalized spacial score (nSPS) is 25.6. The fraction of sp³-hybridized carbons (Fsp3) is 0.476. The number of hydrogen-bond donors (Lipinski definition) is 1. The zero-order chi connectivity index (χ0) is 21.3. The van der Waals surface area contributed by atoms with Gasteiger partial charge in [0.1, 0.15) is 23.7 Å². The predicted molar refractivity (Wildman–Crippen MR) is 105 cm³/mol. The average Bonchev–Trinajstić information content (AvgIpc) is 3.05. The number of ketones is 2. The number of carbonyl (C=O) groups is 3. The van der Waals surface area contributed by atoms with E-state index in [0.29, 0.717) is 12.9 Å². The second kappa shape index (κ2) is 8.37. The van der Waals surface area contributed by atoms with E-state index < -0.39 is 17.1 Å². The van der Waals surface area contributed by atoms with Crippen LogP contribution in [-0.2, 0) is 14.3 Å². The molecule has 0 saturated carbocycles. The highest BCUT2D eigenvalue weighted by Crippen LogP contribution is 2.50. The van der Waals surface area contributed by atoms with Crippen LogP contribution in [0.25, 0.3) is 0 Å². The summed E-state index contributed by atoms with van der Waals surface area (Å²) in [4.78, 5) is 36.3. The molecule has 2 heterocycles. The van der Waals surface area contributed by atoms with Gasteiger partial charge in [-0.25, -0.2) is 0 Å². The summed E-state index contributed by atoms with van der Waals surface area (Å²) >= 11 is 6.26. The van der Waals surface area contributed by atoms with Crippen molar-refractivity contribution in [3.63, 3.8) is 0 Å². The number of benzene rings is 1. The molecule has 2 aliphatic heterocycles. The molecule has 1 aromatic rings. The standard InChI is InChI=1S/C21H21ClO8/c22-18-12(11-23)9-14(27-7-8-29-16-3-1-2-6-28-16)17-19(18)30-21(20(17)26)5-4-13(24)10-15(21)25/h9-11,16,25H,1-8H2/t16?,21-/m0/s1. The van der Waals surface area contributed by atoms with E-state index in [0.717, 1.165) is 25.3 Å². The van der Waals surface area contributed by atoms with E-state index in [-0.39, 0.29) is 65.8 Å². The zero-order valence-electron chi connectivity index (χ0n) is 16.1. The van der Waals surface area contributed by atoms with Gasteiger partial charge in [-0.2, -0.15) is 0 Å². The molecule has 4 rings (SSSR count). The van der Waals surface area contributed by atoms with Gasteiger partial charge in [0, 0.05) is 31.1 Å². The number of rotatable bonds is 6. The lowest BCUT2D eigenvalue weighted by Gasteiger charge is -2.28. The van der Waals surface area contributed by atoms with Crippen LogP contribution in [0.15, 0.2) is 17.9 Å². The van der Waals surface area contributed by atoms with Crippen molar-refractivity contribution >= 4 is 29.5 Å². The van der Waals surface area contributed by atoms with Crippen molar-refractivity contribution in [1.29, 1.82) is 0 Å². The first-order chi connectivity index (χ1) is 14.5. The van der Waals surface area contributed by atoms with Crippen molar-refractivity contribution in [2.75, 3.05) is 19.8 Å². The van der Waals surface area contributed by atoms with Crippen LogP contribution in [0.3, 0.4) is 0 Å². The van der Waals surface area contributed by atoms with E-state index in [9.17, 15) is 19.5 Å². The highest BCUT2D eigenvalue weighted by atomic mass is 35.5. The van der Waals surface area contributed by atoms with Crippen LogP contribution in [-0.4, -0.2) is 54.7 Å². The molecule has 8 nitrogen and oxygen atoms in total. The highest BCUT2D eigenvalue weighted by Gasteiger charge is 2.55. The molecule has 2 atom stereocenters. The summed E-state index contributed by atoms with van der Waals surface area (Å²) in [5, 5.41) is 10.3. The minimum absolute atomic E-state index is 0.0317. The van der Waals surface area contributed by atoms with Gasteiger partial charge in [0.05, 0.1) is 11.6 Å². The maximum absolute atomic E-state index is 13.2. The highest BCUT2D eigenvalue weighted by molar-refractivity contribution is 6.36. The maximum atomic E-state index is 13.2. The molecular weight excluding hydrogens is 416 g/mol. The van der Waals surface area contributed by atoms with E-state index in [1.807, 2.05) is 0 Å². The van der Waals surface area contributed by atoms with Crippen LogP contribution >= 0.6 is 11.6 Å². The van der Waals surface area contributed by atoms with Crippen molar-refractivity contribution in [2.45, 2.75) is 44.0 Å². The Kier molecular flexibility index (Phi) is 5.81. The Morgan fingerprint density at radius 3 is 2.83 bits per heavy atom. The van der Waals surface area contributed by atoms with E-state index in [1.165, 1.54) is 6.07 Å². The molecule has 30 heavy (non-hydrogen) atoms. The van der Waals surface area contributed by atoms with Gasteiger partial charge in [-0.1, -0.05) is 11.6 Å². The van der Waals surface area contributed by atoms with Gasteiger partial charge >= 0.3 is 0 Å². The SMILES string of the molecule is O=Cc1cc(OCCOC2CCCCO2)c2c(c1Cl)O[C@]1(CCC(=O)C=C1O)C2=O. The summed E-state index contributed by atoms with van der Waals surface area (Å²) in [6.45, 7) is 0.984. The van der Waals surface area contributed by atoms with Crippen molar-refractivity contribution in [1.82, 2.24) is 0 Å². The molecule has 1 saturated heterocycles. The van der Waals surface area contributed by atoms with Crippen LogP contribution < -0.4 is 9.47 Å². The Hall–Kier alpha value is -2.42. The molecule has 1 spiro atoms. The maximum Gasteiger partial charge on any atom is 0.228 e. The molecule has 1 fully saturated rings. The second-order valence-electron chi connectivity index (χ2n) is 7.37. The molecule has 1 unspecified atom stereocenters. The third-order valence-corrected chi connectivity index (χ3v) is 5.82. The first-order valence-corrected chi connectivity index (χ1v) is 10.2. The number of ether oxygens (including phenoxy) is 4. The lowest BCUT2D eigenvalue weighted by molar-refractivity contribution is -0.165. The molecule has 9 heteroatoms. The summed E-state index contributed by atoms with van der Waals surface area (Å²) in [6.07, 6.45) is 4.10. The molecule has 3 aliphatic rings. The quantitative estimate of drug-likeness (QED) is 0.535. The number of hydrogen-bond acceptors (Lipinski definition) is 8. The van der Waals surface area contributed by atoms with Gasteiger partial charge in [-0.3, -0.25) is 14.4 Å². The second-order valence-corrected chi connectivity index (χ2v) is 7.75. The topological polar surface area (TPSA) is 108 Å². The molecule has 1 N–H and O–H groups in total. The predicted octanol–water partition coefficient (Wildman–Crippen LogP) is 3.19. The Balaban J connectivity index is 1.57. The number of allylic oxidation sites excluding steroid dienone is 1. The van der Waals surface area contributed by atoms with Gasteiger partial charge in [-0.05, 0) is 25.3 Å². The van der Waals surface area contributed by atoms with Gasteiger partial charge in [0.2, 0.25) is 11.4 Å². The third kappa shape index (κ3) is 3.59. The Morgan fingerprint density at radius 1 is 1.30 bits per heavy atom. The summed E-state index contributed by atoms with van der Waals surface area (Å²) in [6, 6.07) is 1.36. The van der Waals surface area contributed by atoms with Crippen molar-refractivity contribution in [2.24, 2.45) is 0 Å². The van der Waals surface area contributed by atoms with Crippen LogP contribution in [0, 0.1) is 0 Å². The summed E-state index contributed by atoms with van der Waals surface area (Å²) in [5.74, 6) is -1.27. The fourth-order valence-corrected chi connectivity index (χ4v) is 4.07. The minimum Gasteiger partial charge on any atom is -0.507 e. The van der Waals surface area contributed by atoms with Gasteiger partial charge in [0.25, 0.3) is 0 Å². The lowest BCUT2D eigenvalue weighted by atomic mass is 9.83. The average molecular weight is 437 g/mol. The van der Waals surface area contributed by atoms with Crippen LogP contribution in [0.1, 0.15) is 52.8 Å². The smallest absolute Gasteiger partial charge is 0.228 e. The Labute approximate surface area is 177 Å². The molecule has 0 aromatic heterocycles. The number of aliphatic hydroxyl groups is 1. The Morgan fingerprint density at radius 2 is 2.13 bits per heavy atom. The minimum atomic E-state index is -1.73. The fourth-order valence-electron chi connectivity index (χ4n) is 3.84. The van der Waals surface area contributed by atoms with Crippen molar-refractivity contribution < 1.29 is 38.4 Å². The van der Waals surface area contributed by atoms with Gasteiger partial charge in [0.15, 0.2) is 24.1 Å². The van der Waals surface area contributed by atoms with Crippen LogP contribution in [0.2, 0.25) is 5.02 Å². The molecular formula is C21H21ClO8. The molecule has 1 aromatic carbocycles. The summed E-state index contributed by atoms with van der Waals surface area (Å²) in [7, 11) is 0. The van der Waals surface area contributed by atoms with E-state index in [4.69, 9.17) is 30.5 Å². The first-order valence-electron chi connectivity index (χ1n) is 9.82. The van der Waals surface area contributed by atoms with Crippen molar-refractivity contribution in [3.05, 3.63) is 34.1 Å². The molecule has 0 amide bonds. The third-order valence-electron chi connectivity index (χ3n) is 5.43. The molecule has 160 valence electrons. The number of carbonyl (C=O) groups excluding carboxylic acids is 3. The number of aldehydes is 1. The van der Waals surface area contributed by atoms with Gasteiger partial charge in [-0.15, -0.1) is 0 Å². The zero-order valence-corrected chi connectivity index (χ0v) is 16.9. The van der Waals surface area contributed by atoms with Crippen LogP contribution in [0.5, 0.6) is 11.5 Å². The first kappa shape index (κ1) is 20.8. The number of fused-ring (bicyclic) bond motifs is 1. The largest absolute Gasteiger partial charge is 0.507 e. The summed E-state index contributed by atoms with van der Waals surface area (Å²) < 4.78 is 22.6. The number of aliphatic hydroxyl groups excluding tert-OH is 1. The number of halogens is 1. The van der Waals surface area contributed by atoms with E-state index in [2.05, 4.69) is 0 Å². The Bertz CT molecular complexity index is 918. The van der Waals surface area contributed by atoms with Gasteiger partial charge < -0.3 is 24.1 Å². The van der Waals surface area contributed by atoms with Crippen molar-refractivity contribution in [3.8, 4) is 11.5 Å². The van der Waals surface area contributed by atoms with E-state index >= 15 is 0 Å². The lowest BCUT2D eigenvalue weighted by Crippen LogP contribution is -2.45. The monoisotopic (exact) mass is 436 g/mol. The van der Waals surface area contributed by atoms with E-state index in [1.54, 1.807) is 0 Å². The summed E-state index contributed by atoms with van der Waals surface area (Å²) in [5.41, 5.74) is -1.61. The molecule has 1 aliphatic carbocycles. The molecule has 0 radical (unpaired) electrons.